The van der Waals surface area contributed by atoms with Crippen LogP contribution >= 0.6 is 0 Å². The standard InChI is InChI=1S/C17H21FO7/c1-10(2)24-17(21)14(19)9-23-16(20)7-11(3)25-12-5-6-13(18)15(8-12)22-4/h5-6,8,10-11H,7,9H2,1-4H3. The largest absolute Gasteiger partial charge is 0.494 e. The van der Waals surface area contributed by atoms with Gasteiger partial charge in [-0.05, 0) is 32.9 Å². The van der Waals surface area contributed by atoms with Gasteiger partial charge in [0.1, 0.15) is 11.9 Å². The third-order valence-corrected chi connectivity index (χ3v) is 2.85. The molecule has 0 aliphatic carbocycles. The number of hydrogen-bond acceptors (Lipinski definition) is 7. The molecule has 0 radical (unpaired) electrons. The molecule has 8 heteroatoms. The third-order valence-electron chi connectivity index (χ3n) is 2.85. The Morgan fingerprint density at radius 2 is 1.84 bits per heavy atom. The molecule has 138 valence electrons. The minimum atomic E-state index is -1.05. The fourth-order valence-corrected chi connectivity index (χ4v) is 1.77. The molecule has 1 aromatic rings. The summed E-state index contributed by atoms with van der Waals surface area (Å²) in [4.78, 5) is 34.4. The van der Waals surface area contributed by atoms with Gasteiger partial charge in [0, 0.05) is 6.07 Å². The summed E-state index contributed by atoms with van der Waals surface area (Å²) in [6, 6.07) is 3.92. The second-order valence-corrected chi connectivity index (χ2v) is 5.47. The van der Waals surface area contributed by atoms with Gasteiger partial charge in [0.05, 0.1) is 19.6 Å². The first kappa shape index (κ1) is 20.4. The van der Waals surface area contributed by atoms with Crippen molar-refractivity contribution in [3.05, 3.63) is 24.0 Å². The van der Waals surface area contributed by atoms with Crippen molar-refractivity contribution in [2.45, 2.75) is 39.4 Å². The number of ether oxygens (including phenoxy) is 4. The zero-order chi connectivity index (χ0) is 19.0. The molecule has 0 saturated carbocycles. The molecule has 0 aromatic heterocycles. The minimum absolute atomic E-state index is 0.0153. The monoisotopic (exact) mass is 356 g/mol. The van der Waals surface area contributed by atoms with Crippen molar-refractivity contribution in [1.82, 2.24) is 0 Å². The molecule has 0 spiro atoms. The van der Waals surface area contributed by atoms with Crippen LogP contribution in [-0.4, -0.2) is 43.6 Å². The van der Waals surface area contributed by atoms with Crippen molar-refractivity contribution in [3.8, 4) is 11.5 Å². The fraction of sp³-hybridized carbons (Fsp3) is 0.471. The Morgan fingerprint density at radius 3 is 2.44 bits per heavy atom. The van der Waals surface area contributed by atoms with Crippen LogP contribution in [0.2, 0.25) is 0 Å². The molecule has 7 nitrogen and oxygen atoms in total. The maximum absolute atomic E-state index is 13.3. The molecule has 1 atom stereocenters. The van der Waals surface area contributed by atoms with Crippen molar-refractivity contribution in [2.75, 3.05) is 13.7 Å². The van der Waals surface area contributed by atoms with Crippen molar-refractivity contribution in [1.29, 1.82) is 0 Å². The number of rotatable bonds is 9. The second-order valence-electron chi connectivity index (χ2n) is 5.47. The van der Waals surface area contributed by atoms with Gasteiger partial charge in [0.15, 0.2) is 18.2 Å². The highest BCUT2D eigenvalue weighted by molar-refractivity contribution is 6.34. The van der Waals surface area contributed by atoms with Gasteiger partial charge in [-0.15, -0.1) is 0 Å². The lowest BCUT2D eigenvalue weighted by Crippen LogP contribution is -2.27. The summed E-state index contributed by atoms with van der Waals surface area (Å²) in [6.07, 6.45) is -1.19. The summed E-state index contributed by atoms with van der Waals surface area (Å²) >= 11 is 0. The van der Waals surface area contributed by atoms with Crippen LogP contribution in [0.15, 0.2) is 18.2 Å². The fourth-order valence-electron chi connectivity index (χ4n) is 1.77. The summed E-state index contributed by atoms with van der Waals surface area (Å²) in [5.74, 6) is -2.91. The third kappa shape index (κ3) is 7.19. The van der Waals surface area contributed by atoms with Crippen LogP contribution in [0.3, 0.4) is 0 Å². The summed E-state index contributed by atoms with van der Waals surface area (Å²) < 4.78 is 33.0. The van der Waals surface area contributed by atoms with Gasteiger partial charge in [0.25, 0.3) is 5.78 Å². The van der Waals surface area contributed by atoms with E-state index in [0.29, 0.717) is 5.75 Å². The number of methoxy groups -OCH3 is 1. The molecule has 0 bridgehead atoms. The maximum atomic E-state index is 13.3. The van der Waals surface area contributed by atoms with Crippen molar-refractivity contribution < 1.29 is 37.7 Å². The van der Waals surface area contributed by atoms with Crippen LogP contribution in [0, 0.1) is 5.82 Å². The van der Waals surface area contributed by atoms with Gasteiger partial charge in [-0.3, -0.25) is 9.59 Å². The molecule has 0 N–H and O–H groups in total. The Labute approximate surface area is 145 Å². The molecule has 25 heavy (non-hydrogen) atoms. The molecule has 1 rings (SSSR count). The van der Waals surface area contributed by atoms with E-state index in [4.69, 9.17) is 14.2 Å². The van der Waals surface area contributed by atoms with Crippen molar-refractivity contribution in [2.24, 2.45) is 0 Å². The number of benzene rings is 1. The van der Waals surface area contributed by atoms with Crippen LogP contribution < -0.4 is 9.47 Å². The summed E-state index contributed by atoms with van der Waals surface area (Å²) in [6.45, 7) is 4.11. The first-order chi connectivity index (χ1) is 11.7. The molecule has 1 unspecified atom stereocenters. The SMILES string of the molecule is COc1cc(OC(C)CC(=O)OCC(=O)C(=O)OC(C)C)ccc1F. The minimum Gasteiger partial charge on any atom is -0.494 e. The second kappa shape index (κ2) is 9.61. The average molecular weight is 356 g/mol. The van der Waals surface area contributed by atoms with E-state index in [2.05, 4.69) is 4.74 Å². The molecular formula is C17H21FO7. The molecular weight excluding hydrogens is 335 g/mol. The van der Waals surface area contributed by atoms with E-state index in [9.17, 15) is 18.8 Å². The summed E-state index contributed by atoms with van der Waals surface area (Å²) in [5, 5.41) is 0. The van der Waals surface area contributed by atoms with Crippen LogP contribution in [0.4, 0.5) is 4.39 Å². The molecule has 0 fully saturated rings. The normalized spacial score (nSPS) is 11.6. The number of carbonyl (C=O) groups is 3. The maximum Gasteiger partial charge on any atom is 0.378 e. The number of ketones is 1. The van der Waals surface area contributed by atoms with Crippen LogP contribution in [0.5, 0.6) is 11.5 Å². The van der Waals surface area contributed by atoms with Gasteiger partial charge in [0.2, 0.25) is 0 Å². The van der Waals surface area contributed by atoms with Gasteiger partial charge in [-0.2, -0.15) is 0 Å². The Morgan fingerprint density at radius 1 is 1.16 bits per heavy atom. The van der Waals surface area contributed by atoms with E-state index in [1.165, 1.54) is 25.3 Å². The number of halogens is 1. The van der Waals surface area contributed by atoms with Crippen LogP contribution in [0.1, 0.15) is 27.2 Å². The number of Topliss-reactive ketones (excluding diaryl/α,β-unsaturated/α-hetero) is 1. The van der Waals surface area contributed by atoms with Crippen molar-refractivity contribution in [3.63, 3.8) is 0 Å². The molecule has 0 aliphatic rings. The Balaban J connectivity index is 2.44. The highest BCUT2D eigenvalue weighted by Crippen LogP contribution is 2.24. The van der Waals surface area contributed by atoms with Gasteiger partial charge < -0.3 is 18.9 Å². The van der Waals surface area contributed by atoms with E-state index in [-0.39, 0.29) is 12.2 Å². The summed E-state index contributed by atoms with van der Waals surface area (Å²) in [7, 11) is 1.32. The smallest absolute Gasteiger partial charge is 0.378 e. The van der Waals surface area contributed by atoms with E-state index in [0.717, 1.165) is 0 Å². The quantitative estimate of drug-likeness (QED) is 0.494. The van der Waals surface area contributed by atoms with E-state index in [1.807, 2.05) is 0 Å². The number of esters is 2. The molecule has 1 aromatic carbocycles. The van der Waals surface area contributed by atoms with Gasteiger partial charge in [-0.1, -0.05) is 0 Å². The number of hydrogen-bond donors (Lipinski definition) is 0. The zero-order valence-electron chi connectivity index (χ0n) is 14.5. The molecule has 0 heterocycles. The topological polar surface area (TPSA) is 88.1 Å². The highest BCUT2D eigenvalue weighted by atomic mass is 19.1. The first-order valence-electron chi connectivity index (χ1n) is 7.62. The van der Waals surface area contributed by atoms with Crippen molar-refractivity contribution >= 4 is 17.7 Å². The molecule has 0 saturated heterocycles. The lowest BCUT2D eigenvalue weighted by molar-refractivity contribution is -0.161. The lowest BCUT2D eigenvalue weighted by atomic mass is 10.2. The van der Waals surface area contributed by atoms with Crippen LogP contribution in [0.25, 0.3) is 0 Å². The highest BCUT2D eigenvalue weighted by Gasteiger charge is 2.20. The predicted molar refractivity (Wildman–Crippen MR) is 84.9 cm³/mol. The summed E-state index contributed by atoms with van der Waals surface area (Å²) in [5.41, 5.74) is 0. The molecule has 0 aliphatic heterocycles. The Kier molecular flexibility index (Phi) is 7.84. The first-order valence-corrected chi connectivity index (χ1v) is 7.62. The average Bonchev–Trinajstić information content (AvgIpc) is 2.53. The number of carbonyl (C=O) groups excluding carboxylic acids is 3. The lowest BCUT2D eigenvalue weighted by Gasteiger charge is -2.15. The predicted octanol–water partition coefficient (Wildman–Crippen LogP) is 2.06. The van der Waals surface area contributed by atoms with E-state index >= 15 is 0 Å². The Hall–Kier alpha value is -2.64. The zero-order valence-corrected chi connectivity index (χ0v) is 14.5. The molecule has 0 amide bonds. The Bertz CT molecular complexity index is 627. The van der Waals surface area contributed by atoms with E-state index < -0.39 is 42.4 Å². The van der Waals surface area contributed by atoms with Gasteiger partial charge in [-0.25, -0.2) is 9.18 Å². The van der Waals surface area contributed by atoms with Gasteiger partial charge >= 0.3 is 11.9 Å². The van der Waals surface area contributed by atoms with E-state index in [1.54, 1.807) is 20.8 Å². The van der Waals surface area contributed by atoms with Crippen LogP contribution in [-0.2, 0) is 23.9 Å².